The van der Waals surface area contributed by atoms with E-state index in [-0.39, 0.29) is 0 Å². The Kier molecular flexibility index (Phi) is 15.9. The summed E-state index contributed by atoms with van der Waals surface area (Å²) in [6.07, 6.45) is 30.3. The van der Waals surface area contributed by atoms with Gasteiger partial charge in [-0.15, -0.1) is 0 Å². The van der Waals surface area contributed by atoms with Gasteiger partial charge >= 0.3 is 0 Å². The van der Waals surface area contributed by atoms with Crippen LogP contribution in [0.2, 0.25) is 0 Å². The van der Waals surface area contributed by atoms with Crippen molar-refractivity contribution in [3.05, 3.63) is 48.3 Å². The zero-order chi connectivity index (χ0) is 23.4. The van der Waals surface area contributed by atoms with Gasteiger partial charge in [-0.3, -0.25) is 0 Å². The van der Waals surface area contributed by atoms with Gasteiger partial charge in [0.15, 0.2) is 0 Å². The summed E-state index contributed by atoms with van der Waals surface area (Å²) in [6.45, 7) is 6.99. The van der Waals surface area contributed by atoms with Crippen LogP contribution >= 0.6 is 0 Å². The fourth-order valence-corrected chi connectivity index (χ4v) is 5.10. The molecular weight excluding hydrogens is 400 g/mol. The summed E-state index contributed by atoms with van der Waals surface area (Å²) in [5, 5.41) is 0. The van der Waals surface area contributed by atoms with Gasteiger partial charge in [0.05, 0.1) is 0 Å². The molecular formula is C31H54N2. The molecule has 0 amide bonds. The SMILES string of the molecule is CCCCCCCCCCCCCCCCN1C=CN(CCCCC)C1Cc1ccccc1. The highest BCUT2D eigenvalue weighted by Crippen LogP contribution is 2.22. The maximum absolute atomic E-state index is 2.61. The Hall–Kier alpha value is -1.44. The standard InChI is InChI=1S/C31H54N2/c1-3-5-7-8-9-10-11-12-13-14-15-16-17-22-26-33-28-27-32(25-21-6-4-2)31(33)29-30-23-19-18-20-24-30/h18-20,23-24,27-28,31H,3-17,21-22,25-26,29H2,1-2H3. The molecule has 2 rings (SSSR count). The second-order valence-corrected chi connectivity index (χ2v) is 10.2. The van der Waals surface area contributed by atoms with Crippen molar-refractivity contribution in [2.45, 2.75) is 136 Å². The van der Waals surface area contributed by atoms with E-state index < -0.39 is 0 Å². The Balaban J connectivity index is 1.55. The number of rotatable bonds is 21. The van der Waals surface area contributed by atoms with Crippen LogP contribution in [-0.2, 0) is 6.42 Å². The van der Waals surface area contributed by atoms with Gasteiger partial charge in [-0.2, -0.15) is 0 Å². The lowest BCUT2D eigenvalue weighted by molar-refractivity contribution is 0.148. The van der Waals surface area contributed by atoms with E-state index >= 15 is 0 Å². The van der Waals surface area contributed by atoms with Crippen molar-refractivity contribution in [2.75, 3.05) is 13.1 Å². The van der Waals surface area contributed by atoms with Crippen LogP contribution in [0.3, 0.4) is 0 Å². The van der Waals surface area contributed by atoms with Gasteiger partial charge in [-0.1, -0.05) is 140 Å². The summed E-state index contributed by atoms with van der Waals surface area (Å²) in [7, 11) is 0. The van der Waals surface area contributed by atoms with Gasteiger partial charge in [-0.25, -0.2) is 0 Å². The monoisotopic (exact) mass is 454 g/mol. The average molecular weight is 455 g/mol. The average Bonchev–Trinajstić information content (AvgIpc) is 3.21. The molecule has 188 valence electrons. The van der Waals surface area contributed by atoms with E-state index in [2.05, 4.69) is 66.4 Å². The molecule has 0 aromatic heterocycles. The quantitative estimate of drug-likeness (QED) is 0.171. The Bertz CT molecular complexity index is 582. The highest BCUT2D eigenvalue weighted by Gasteiger charge is 2.25. The summed E-state index contributed by atoms with van der Waals surface area (Å²) in [4.78, 5) is 5.20. The first-order chi connectivity index (χ1) is 16.3. The number of hydrogen-bond acceptors (Lipinski definition) is 2. The van der Waals surface area contributed by atoms with Crippen LogP contribution in [0.5, 0.6) is 0 Å². The highest BCUT2D eigenvalue weighted by atomic mass is 15.4. The summed E-state index contributed by atoms with van der Waals surface area (Å²) in [6, 6.07) is 11.1. The molecule has 2 heteroatoms. The van der Waals surface area contributed by atoms with Gasteiger partial charge in [0, 0.05) is 31.9 Å². The summed E-state index contributed by atoms with van der Waals surface area (Å²) < 4.78 is 0. The molecule has 1 unspecified atom stereocenters. The lowest BCUT2D eigenvalue weighted by Gasteiger charge is -2.33. The molecule has 1 heterocycles. The van der Waals surface area contributed by atoms with Crippen molar-refractivity contribution >= 4 is 0 Å². The van der Waals surface area contributed by atoms with Gasteiger partial charge < -0.3 is 9.80 Å². The van der Waals surface area contributed by atoms with E-state index in [4.69, 9.17) is 0 Å². The third-order valence-corrected chi connectivity index (χ3v) is 7.27. The summed E-state index contributed by atoms with van der Waals surface area (Å²) >= 11 is 0. The Morgan fingerprint density at radius 3 is 1.39 bits per heavy atom. The van der Waals surface area contributed by atoms with E-state index in [1.54, 1.807) is 0 Å². The van der Waals surface area contributed by atoms with Crippen molar-refractivity contribution < 1.29 is 0 Å². The van der Waals surface area contributed by atoms with Gasteiger partial charge in [0.1, 0.15) is 6.17 Å². The third kappa shape index (κ3) is 12.6. The van der Waals surface area contributed by atoms with Crippen LogP contribution in [-0.4, -0.2) is 29.1 Å². The lowest BCUT2D eigenvalue weighted by Crippen LogP contribution is -2.41. The molecule has 0 saturated heterocycles. The predicted octanol–water partition coefficient (Wildman–Crippen LogP) is 9.32. The van der Waals surface area contributed by atoms with Gasteiger partial charge in [-0.05, 0) is 18.4 Å². The van der Waals surface area contributed by atoms with Crippen LogP contribution in [0.4, 0.5) is 0 Å². The summed E-state index contributed by atoms with van der Waals surface area (Å²) in [5.41, 5.74) is 1.46. The Labute approximate surface area is 206 Å². The maximum atomic E-state index is 2.61. The van der Waals surface area contributed by atoms with Crippen molar-refractivity contribution in [3.8, 4) is 0 Å². The molecule has 33 heavy (non-hydrogen) atoms. The fraction of sp³-hybridized carbons (Fsp3) is 0.742. The van der Waals surface area contributed by atoms with Crippen LogP contribution in [0.25, 0.3) is 0 Å². The highest BCUT2D eigenvalue weighted by molar-refractivity contribution is 5.17. The van der Waals surface area contributed by atoms with E-state index in [0.29, 0.717) is 6.17 Å². The minimum Gasteiger partial charge on any atom is -0.356 e. The molecule has 0 radical (unpaired) electrons. The zero-order valence-electron chi connectivity index (χ0n) is 22.2. The topological polar surface area (TPSA) is 6.48 Å². The van der Waals surface area contributed by atoms with E-state index in [1.165, 1.54) is 128 Å². The molecule has 1 aromatic rings. The number of hydrogen-bond donors (Lipinski definition) is 0. The lowest BCUT2D eigenvalue weighted by atomic mass is 10.0. The van der Waals surface area contributed by atoms with Gasteiger partial charge in [0.25, 0.3) is 0 Å². The first-order valence-corrected chi connectivity index (χ1v) is 14.6. The van der Waals surface area contributed by atoms with Crippen LogP contribution < -0.4 is 0 Å². The normalized spacial score (nSPS) is 15.6. The molecule has 1 aliphatic heterocycles. The van der Waals surface area contributed by atoms with Crippen LogP contribution in [0.15, 0.2) is 42.7 Å². The van der Waals surface area contributed by atoms with Crippen molar-refractivity contribution in [2.24, 2.45) is 0 Å². The molecule has 0 fully saturated rings. The minimum absolute atomic E-state index is 0.506. The van der Waals surface area contributed by atoms with E-state index in [1.807, 2.05) is 0 Å². The predicted molar refractivity (Wildman–Crippen MR) is 146 cm³/mol. The van der Waals surface area contributed by atoms with Crippen molar-refractivity contribution in [1.82, 2.24) is 9.80 Å². The first kappa shape index (κ1) is 27.8. The Morgan fingerprint density at radius 2 is 0.909 bits per heavy atom. The van der Waals surface area contributed by atoms with Crippen LogP contribution in [0, 0.1) is 0 Å². The number of nitrogens with zero attached hydrogens (tertiary/aromatic N) is 2. The first-order valence-electron chi connectivity index (χ1n) is 14.6. The maximum Gasteiger partial charge on any atom is 0.105 e. The van der Waals surface area contributed by atoms with Crippen molar-refractivity contribution in [1.29, 1.82) is 0 Å². The smallest absolute Gasteiger partial charge is 0.105 e. The number of benzene rings is 1. The van der Waals surface area contributed by atoms with E-state index in [9.17, 15) is 0 Å². The van der Waals surface area contributed by atoms with Crippen LogP contribution in [0.1, 0.15) is 129 Å². The summed E-state index contributed by atoms with van der Waals surface area (Å²) in [5.74, 6) is 0. The molecule has 0 spiro atoms. The second kappa shape index (κ2) is 18.9. The molecule has 2 nitrogen and oxygen atoms in total. The third-order valence-electron chi connectivity index (χ3n) is 7.27. The Morgan fingerprint density at radius 1 is 0.515 bits per heavy atom. The van der Waals surface area contributed by atoms with Crippen molar-refractivity contribution in [3.63, 3.8) is 0 Å². The molecule has 0 N–H and O–H groups in total. The molecule has 0 saturated carbocycles. The fourth-order valence-electron chi connectivity index (χ4n) is 5.10. The molecule has 1 aromatic carbocycles. The number of unbranched alkanes of at least 4 members (excludes halogenated alkanes) is 15. The molecule has 0 bridgehead atoms. The second-order valence-electron chi connectivity index (χ2n) is 10.2. The molecule has 1 atom stereocenters. The zero-order valence-corrected chi connectivity index (χ0v) is 22.2. The molecule has 1 aliphatic rings. The van der Waals surface area contributed by atoms with E-state index in [0.717, 1.165) is 6.42 Å². The molecule has 0 aliphatic carbocycles. The van der Waals surface area contributed by atoms with Gasteiger partial charge in [0.2, 0.25) is 0 Å². The minimum atomic E-state index is 0.506. The largest absolute Gasteiger partial charge is 0.356 e.